The van der Waals surface area contributed by atoms with Crippen molar-refractivity contribution >= 4 is 39.3 Å². The van der Waals surface area contributed by atoms with Crippen molar-refractivity contribution in [2.45, 2.75) is 50.6 Å². The SMILES string of the molecule is CCCNC(=O)C(C)N(Cc1cccc(Cl)c1)C(=O)CCCN1C(=O)c2ccccc2S1(=O)=O. The van der Waals surface area contributed by atoms with Gasteiger partial charge < -0.3 is 10.2 Å². The van der Waals surface area contributed by atoms with E-state index < -0.39 is 22.0 Å². The predicted octanol–water partition coefficient (Wildman–Crippen LogP) is 3.21. The molecule has 34 heavy (non-hydrogen) atoms. The van der Waals surface area contributed by atoms with Crippen LogP contribution < -0.4 is 5.32 Å². The largest absolute Gasteiger partial charge is 0.354 e. The van der Waals surface area contributed by atoms with Gasteiger partial charge in [0.25, 0.3) is 15.9 Å². The fraction of sp³-hybridized carbons (Fsp3) is 0.375. The molecule has 1 aliphatic rings. The minimum atomic E-state index is -3.93. The molecule has 0 fully saturated rings. The number of nitrogens with zero attached hydrogens (tertiary/aromatic N) is 2. The van der Waals surface area contributed by atoms with Crippen molar-refractivity contribution in [2.75, 3.05) is 13.1 Å². The van der Waals surface area contributed by atoms with Crippen molar-refractivity contribution in [3.63, 3.8) is 0 Å². The zero-order valence-corrected chi connectivity index (χ0v) is 20.7. The monoisotopic (exact) mass is 505 g/mol. The van der Waals surface area contributed by atoms with E-state index in [1.54, 1.807) is 37.3 Å². The summed E-state index contributed by atoms with van der Waals surface area (Å²) in [5.74, 6) is -1.18. The molecule has 0 spiro atoms. The Morgan fingerprint density at radius 1 is 1.15 bits per heavy atom. The van der Waals surface area contributed by atoms with E-state index in [1.807, 2.05) is 13.0 Å². The van der Waals surface area contributed by atoms with Crippen molar-refractivity contribution in [1.82, 2.24) is 14.5 Å². The first-order valence-corrected chi connectivity index (χ1v) is 13.0. The predicted molar refractivity (Wildman–Crippen MR) is 129 cm³/mol. The van der Waals surface area contributed by atoms with Crippen LogP contribution in [0.3, 0.4) is 0 Å². The highest BCUT2D eigenvalue weighted by Gasteiger charge is 2.40. The zero-order valence-electron chi connectivity index (χ0n) is 19.2. The summed E-state index contributed by atoms with van der Waals surface area (Å²) in [6.07, 6.45) is 0.871. The molecule has 2 aromatic carbocycles. The topological polar surface area (TPSA) is 104 Å². The Balaban J connectivity index is 1.70. The lowest BCUT2D eigenvalue weighted by Gasteiger charge is -2.29. The maximum absolute atomic E-state index is 13.1. The van der Waals surface area contributed by atoms with Crippen molar-refractivity contribution in [1.29, 1.82) is 0 Å². The highest BCUT2D eigenvalue weighted by molar-refractivity contribution is 7.90. The summed E-state index contributed by atoms with van der Waals surface area (Å²) in [6.45, 7) is 4.14. The molecule has 1 heterocycles. The molecule has 0 aliphatic carbocycles. The van der Waals surface area contributed by atoms with Crippen molar-refractivity contribution in [3.05, 3.63) is 64.7 Å². The number of amides is 3. The molecule has 10 heteroatoms. The van der Waals surface area contributed by atoms with Gasteiger partial charge in [0.2, 0.25) is 11.8 Å². The van der Waals surface area contributed by atoms with E-state index in [-0.39, 0.29) is 48.2 Å². The molecule has 8 nitrogen and oxygen atoms in total. The van der Waals surface area contributed by atoms with Crippen LogP contribution in [-0.4, -0.2) is 54.5 Å². The van der Waals surface area contributed by atoms with Crippen LogP contribution in [0.25, 0.3) is 0 Å². The van der Waals surface area contributed by atoms with E-state index in [0.29, 0.717) is 11.6 Å². The van der Waals surface area contributed by atoms with Gasteiger partial charge in [0, 0.05) is 31.1 Å². The molecule has 3 amide bonds. The number of hydrogen-bond acceptors (Lipinski definition) is 5. The second-order valence-electron chi connectivity index (χ2n) is 8.10. The molecule has 2 aromatic rings. The van der Waals surface area contributed by atoms with E-state index in [4.69, 9.17) is 11.6 Å². The summed E-state index contributed by atoms with van der Waals surface area (Å²) in [6, 6.07) is 12.3. The maximum Gasteiger partial charge on any atom is 0.269 e. The Morgan fingerprint density at radius 2 is 1.88 bits per heavy atom. The van der Waals surface area contributed by atoms with E-state index in [0.717, 1.165) is 16.3 Å². The van der Waals surface area contributed by atoms with Crippen LogP contribution in [0.15, 0.2) is 53.4 Å². The summed E-state index contributed by atoms with van der Waals surface area (Å²) in [5, 5.41) is 3.32. The summed E-state index contributed by atoms with van der Waals surface area (Å²) in [5.41, 5.74) is 0.904. The molecule has 0 aromatic heterocycles. The summed E-state index contributed by atoms with van der Waals surface area (Å²) < 4.78 is 26.2. The average molecular weight is 506 g/mol. The van der Waals surface area contributed by atoms with Gasteiger partial charge in [-0.15, -0.1) is 0 Å². The number of carbonyl (C=O) groups is 3. The number of halogens is 1. The molecular weight excluding hydrogens is 478 g/mol. The van der Waals surface area contributed by atoms with Crippen LogP contribution in [0.1, 0.15) is 49.0 Å². The van der Waals surface area contributed by atoms with Crippen molar-refractivity contribution in [3.8, 4) is 0 Å². The first-order chi connectivity index (χ1) is 16.2. The summed E-state index contributed by atoms with van der Waals surface area (Å²) in [4.78, 5) is 39.7. The van der Waals surface area contributed by atoms with Crippen LogP contribution in [0.5, 0.6) is 0 Å². The normalized spacial score (nSPS) is 15.0. The molecule has 1 unspecified atom stereocenters. The summed E-state index contributed by atoms with van der Waals surface area (Å²) in [7, 11) is -3.93. The lowest BCUT2D eigenvalue weighted by molar-refractivity contribution is -0.140. The Hall–Kier alpha value is -2.91. The molecule has 0 saturated heterocycles. The Morgan fingerprint density at radius 3 is 2.56 bits per heavy atom. The Bertz CT molecular complexity index is 1180. The van der Waals surface area contributed by atoms with Crippen molar-refractivity contribution < 1.29 is 22.8 Å². The number of benzene rings is 2. The molecule has 3 rings (SSSR count). The van der Waals surface area contributed by atoms with Crippen LogP contribution in [-0.2, 0) is 26.2 Å². The molecular formula is C24H28ClN3O5S. The van der Waals surface area contributed by atoms with E-state index in [9.17, 15) is 22.8 Å². The second kappa shape index (κ2) is 11.0. The Labute approximate surface area is 204 Å². The van der Waals surface area contributed by atoms with Gasteiger partial charge in [0.05, 0.1) is 5.56 Å². The fourth-order valence-corrected chi connectivity index (χ4v) is 5.60. The maximum atomic E-state index is 13.1. The van der Waals surface area contributed by atoms with Crippen molar-refractivity contribution in [2.24, 2.45) is 0 Å². The van der Waals surface area contributed by atoms with Gasteiger partial charge in [-0.3, -0.25) is 14.4 Å². The third-order valence-electron chi connectivity index (χ3n) is 5.62. The fourth-order valence-electron chi connectivity index (χ4n) is 3.78. The molecule has 0 bridgehead atoms. The molecule has 182 valence electrons. The minimum absolute atomic E-state index is 0.0184. The lowest BCUT2D eigenvalue weighted by atomic mass is 10.1. The highest BCUT2D eigenvalue weighted by Crippen LogP contribution is 2.30. The smallest absolute Gasteiger partial charge is 0.269 e. The van der Waals surface area contributed by atoms with Gasteiger partial charge in [0.1, 0.15) is 10.9 Å². The van der Waals surface area contributed by atoms with Gasteiger partial charge in [-0.25, -0.2) is 12.7 Å². The molecule has 0 radical (unpaired) electrons. The highest BCUT2D eigenvalue weighted by atomic mass is 35.5. The van der Waals surface area contributed by atoms with Crippen LogP contribution in [0, 0.1) is 0 Å². The van der Waals surface area contributed by atoms with Crippen LogP contribution in [0.2, 0.25) is 5.02 Å². The Kier molecular flexibility index (Phi) is 8.33. The van der Waals surface area contributed by atoms with Gasteiger partial charge >= 0.3 is 0 Å². The number of nitrogens with one attached hydrogen (secondary N) is 1. The number of carbonyl (C=O) groups excluding carboxylic acids is 3. The first kappa shape index (κ1) is 25.7. The third-order valence-corrected chi connectivity index (χ3v) is 7.70. The number of fused-ring (bicyclic) bond motifs is 1. The molecule has 0 saturated carbocycles. The van der Waals surface area contributed by atoms with Crippen LogP contribution in [0.4, 0.5) is 0 Å². The quantitative estimate of drug-likeness (QED) is 0.534. The molecule has 1 N–H and O–H groups in total. The van der Waals surface area contributed by atoms with E-state index in [2.05, 4.69) is 5.32 Å². The number of sulfonamides is 1. The summed E-state index contributed by atoms with van der Waals surface area (Å²) >= 11 is 6.08. The lowest BCUT2D eigenvalue weighted by Crippen LogP contribution is -2.47. The standard InChI is InChI=1S/C24H28ClN3O5S/c1-3-13-26-23(30)17(2)27(16-18-8-6-9-19(25)15-18)22(29)12-7-14-28-24(31)20-10-4-5-11-21(20)34(28,32)33/h4-6,8-11,15,17H,3,7,12-14,16H2,1-2H3,(H,26,30). The molecule has 1 atom stereocenters. The zero-order chi connectivity index (χ0) is 24.9. The van der Waals surface area contributed by atoms with Gasteiger partial charge in [-0.1, -0.05) is 42.8 Å². The van der Waals surface area contributed by atoms with E-state index in [1.165, 1.54) is 17.0 Å². The molecule has 1 aliphatic heterocycles. The van der Waals surface area contributed by atoms with Gasteiger partial charge in [-0.2, -0.15) is 0 Å². The third kappa shape index (κ3) is 5.59. The van der Waals surface area contributed by atoms with Crippen LogP contribution >= 0.6 is 11.6 Å². The number of rotatable bonds is 10. The number of hydrogen-bond donors (Lipinski definition) is 1. The van der Waals surface area contributed by atoms with Gasteiger partial charge in [0.15, 0.2) is 0 Å². The average Bonchev–Trinajstić information content (AvgIpc) is 3.01. The minimum Gasteiger partial charge on any atom is -0.354 e. The van der Waals surface area contributed by atoms with E-state index >= 15 is 0 Å². The first-order valence-electron chi connectivity index (χ1n) is 11.1. The second-order valence-corrected chi connectivity index (χ2v) is 10.4. The van der Waals surface area contributed by atoms with Gasteiger partial charge in [-0.05, 0) is 49.6 Å².